The van der Waals surface area contributed by atoms with Crippen molar-refractivity contribution in [2.45, 2.75) is 27.0 Å². The Balaban J connectivity index is 1.82. The molecule has 1 aliphatic rings. The molecule has 158 valence electrons. The summed E-state index contributed by atoms with van der Waals surface area (Å²) in [6, 6.07) is 14.4. The van der Waals surface area contributed by atoms with Gasteiger partial charge in [0.2, 0.25) is 18.0 Å². The molecule has 1 aromatic heterocycles. The third-order valence-electron chi connectivity index (χ3n) is 4.78. The van der Waals surface area contributed by atoms with Crippen LogP contribution in [-0.4, -0.2) is 34.9 Å². The molecule has 0 unspecified atom stereocenters. The number of amides is 1. The molecule has 4 rings (SSSR count). The van der Waals surface area contributed by atoms with E-state index in [-0.39, 0.29) is 17.6 Å². The van der Waals surface area contributed by atoms with Crippen molar-refractivity contribution >= 4 is 28.7 Å². The van der Waals surface area contributed by atoms with Gasteiger partial charge in [0, 0.05) is 30.5 Å². The second kappa shape index (κ2) is 8.06. The zero-order chi connectivity index (χ0) is 22.1. The predicted molar refractivity (Wildman–Crippen MR) is 114 cm³/mol. The molecule has 8 nitrogen and oxygen atoms in total. The van der Waals surface area contributed by atoms with Crippen molar-refractivity contribution in [3.8, 4) is 11.5 Å². The minimum absolute atomic E-state index is 0.261. The maximum absolute atomic E-state index is 12.4. The highest BCUT2D eigenvalue weighted by Gasteiger charge is 2.36. The number of para-hydroxylation sites is 1. The third-order valence-corrected chi connectivity index (χ3v) is 4.78. The number of aromatic nitrogens is 1. The number of esters is 1. The van der Waals surface area contributed by atoms with Crippen molar-refractivity contribution < 1.29 is 23.8 Å². The second-order valence-corrected chi connectivity index (χ2v) is 7.06. The lowest BCUT2D eigenvalue weighted by molar-refractivity contribution is -0.135. The smallest absolute Gasteiger partial charge is 0.308 e. The molecule has 0 fully saturated rings. The van der Waals surface area contributed by atoms with Crippen LogP contribution in [0.2, 0.25) is 0 Å². The van der Waals surface area contributed by atoms with E-state index in [0.29, 0.717) is 16.9 Å². The molecule has 1 aliphatic heterocycles. The standard InChI is InChI=1S/C23H21N3O5/c1-13-11-18(17-7-5-6-8-20(17)24-13)22-25-26(14(2)27)23(31-22)19-12-16(29-4)9-10-21(19)30-15(3)28/h5-12,23H,1-4H3/t23-/m0/s1. The summed E-state index contributed by atoms with van der Waals surface area (Å²) in [6.07, 6.45) is -0.927. The largest absolute Gasteiger partial charge is 0.497 e. The number of pyridine rings is 1. The first-order valence-electron chi connectivity index (χ1n) is 9.65. The highest BCUT2D eigenvalue weighted by Crippen LogP contribution is 2.38. The highest BCUT2D eigenvalue weighted by molar-refractivity contribution is 6.07. The molecule has 0 N–H and O–H groups in total. The lowest BCUT2D eigenvalue weighted by Crippen LogP contribution is -2.26. The van der Waals surface area contributed by atoms with E-state index < -0.39 is 12.2 Å². The summed E-state index contributed by atoms with van der Waals surface area (Å²) >= 11 is 0. The number of benzene rings is 2. The number of nitrogens with zero attached hydrogens (tertiary/aromatic N) is 3. The fourth-order valence-electron chi connectivity index (χ4n) is 3.46. The Kier molecular flexibility index (Phi) is 5.29. The fourth-order valence-corrected chi connectivity index (χ4v) is 3.46. The number of fused-ring (bicyclic) bond motifs is 1. The summed E-state index contributed by atoms with van der Waals surface area (Å²) in [5, 5.41) is 6.52. The number of rotatable bonds is 4. The van der Waals surface area contributed by atoms with Gasteiger partial charge in [-0.15, -0.1) is 5.10 Å². The van der Waals surface area contributed by atoms with Crippen LogP contribution < -0.4 is 9.47 Å². The molecule has 2 heterocycles. The molecule has 0 aliphatic carbocycles. The first-order valence-corrected chi connectivity index (χ1v) is 9.65. The quantitative estimate of drug-likeness (QED) is 0.473. The van der Waals surface area contributed by atoms with Crippen molar-refractivity contribution in [3.05, 3.63) is 65.4 Å². The van der Waals surface area contributed by atoms with Gasteiger partial charge in [0.05, 0.1) is 18.2 Å². The maximum atomic E-state index is 12.4. The summed E-state index contributed by atoms with van der Waals surface area (Å²) in [4.78, 5) is 28.6. The minimum Gasteiger partial charge on any atom is -0.497 e. The van der Waals surface area contributed by atoms with Crippen LogP contribution in [0.5, 0.6) is 11.5 Å². The van der Waals surface area contributed by atoms with Crippen LogP contribution in [0.25, 0.3) is 10.9 Å². The van der Waals surface area contributed by atoms with E-state index in [9.17, 15) is 9.59 Å². The second-order valence-electron chi connectivity index (χ2n) is 7.06. The van der Waals surface area contributed by atoms with Gasteiger partial charge in [-0.1, -0.05) is 18.2 Å². The van der Waals surface area contributed by atoms with E-state index in [1.807, 2.05) is 37.3 Å². The molecule has 0 bridgehead atoms. The van der Waals surface area contributed by atoms with Crippen LogP contribution in [-0.2, 0) is 14.3 Å². The number of carbonyl (C=O) groups is 2. The first kappa shape index (κ1) is 20.3. The number of carbonyl (C=O) groups excluding carboxylic acids is 2. The van der Waals surface area contributed by atoms with Gasteiger partial charge in [-0.25, -0.2) is 0 Å². The number of methoxy groups -OCH3 is 1. The molecule has 2 aromatic carbocycles. The molecule has 0 spiro atoms. The van der Waals surface area contributed by atoms with E-state index in [1.165, 1.54) is 26.0 Å². The van der Waals surface area contributed by atoms with Crippen molar-refractivity contribution in [1.29, 1.82) is 0 Å². The van der Waals surface area contributed by atoms with Gasteiger partial charge in [-0.05, 0) is 37.3 Å². The molecule has 8 heteroatoms. The van der Waals surface area contributed by atoms with Gasteiger partial charge >= 0.3 is 5.97 Å². The molecular formula is C23H21N3O5. The molecule has 1 atom stereocenters. The molecular weight excluding hydrogens is 398 g/mol. The molecule has 0 saturated carbocycles. The Morgan fingerprint density at radius 3 is 2.58 bits per heavy atom. The van der Waals surface area contributed by atoms with Crippen LogP contribution in [0.4, 0.5) is 0 Å². The normalized spacial score (nSPS) is 15.4. The Labute approximate surface area is 179 Å². The number of hydrazone groups is 1. The monoisotopic (exact) mass is 419 g/mol. The Morgan fingerprint density at radius 1 is 1.10 bits per heavy atom. The van der Waals surface area contributed by atoms with E-state index >= 15 is 0 Å². The predicted octanol–water partition coefficient (Wildman–Crippen LogP) is 3.72. The third kappa shape index (κ3) is 3.92. The van der Waals surface area contributed by atoms with Crippen molar-refractivity contribution in [3.63, 3.8) is 0 Å². The molecule has 31 heavy (non-hydrogen) atoms. The Hall–Kier alpha value is -3.94. The van der Waals surface area contributed by atoms with Crippen LogP contribution in [0, 0.1) is 6.92 Å². The van der Waals surface area contributed by atoms with E-state index in [0.717, 1.165) is 16.6 Å². The number of aryl methyl sites for hydroxylation is 1. The zero-order valence-electron chi connectivity index (χ0n) is 17.6. The average molecular weight is 419 g/mol. The van der Waals surface area contributed by atoms with Crippen molar-refractivity contribution in [1.82, 2.24) is 9.99 Å². The Morgan fingerprint density at radius 2 is 1.87 bits per heavy atom. The van der Waals surface area contributed by atoms with Gasteiger partial charge in [-0.3, -0.25) is 14.6 Å². The molecule has 3 aromatic rings. The zero-order valence-corrected chi connectivity index (χ0v) is 17.6. The lowest BCUT2D eigenvalue weighted by atomic mass is 10.1. The van der Waals surface area contributed by atoms with E-state index in [1.54, 1.807) is 18.2 Å². The van der Waals surface area contributed by atoms with Crippen LogP contribution in [0.3, 0.4) is 0 Å². The van der Waals surface area contributed by atoms with Gasteiger partial charge < -0.3 is 14.2 Å². The summed E-state index contributed by atoms with van der Waals surface area (Å²) in [6.45, 7) is 4.58. The van der Waals surface area contributed by atoms with Gasteiger partial charge in [0.15, 0.2) is 0 Å². The van der Waals surface area contributed by atoms with Gasteiger partial charge in [-0.2, -0.15) is 5.01 Å². The van der Waals surface area contributed by atoms with E-state index in [2.05, 4.69) is 10.1 Å². The number of hydrogen-bond donors (Lipinski definition) is 0. The first-order chi connectivity index (χ1) is 14.9. The summed E-state index contributed by atoms with van der Waals surface area (Å²) in [5.74, 6) is 0.245. The summed E-state index contributed by atoms with van der Waals surface area (Å²) in [7, 11) is 1.52. The van der Waals surface area contributed by atoms with Crippen LogP contribution in [0.15, 0.2) is 53.6 Å². The maximum Gasteiger partial charge on any atom is 0.308 e. The average Bonchev–Trinajstić information content (AvgIpc) is 3.18. The molecule has 0 saturated heterocycles. The number of ether oxygens (including phenoxy) is 3. The fraction of sp³-hybridized carbons (Fsp3) is 0.217. The topological polar surface area (TPSA) is 90.3 Å². The van der Waals surface area contributed by atoms with Crippen LogP contribution >= 0.6 is 0 Å². The summed E-state index contributed by atoms with van der Waals surface area (Å²) in [5.41, 5.74) is 2.75. The minimum atomic E-state index is -0.927. The Bertz CT molecular complexity index is 1220. The van der Waals surface area contributed by atoms with Crippen LogP contribution in [0.1, 0.15) is 36.9 Å². The van der Waals surface area contributed by atoms with Gasteiger partial charge in [0.25, 0.3) is 0 Å². The SMILES string of the molecule is COc1ccc(OC(C)=O)c([C@@H]2OC(c3cc(C)nc4ccccc34)=NN2C(C)=O)c1. The van der Waals surface area contributed by atoms with E-state index in [4.69, 9.17) is 14.2 Å². The molecule has 1 amide bonds. The number of hydrogen-bond acceptors (Lipinski definition) is 7. The van der Waals surface area contributed by atoms with Crippen molar-refractivity contribution in [2.75, 3.05) is 7.11 Å². The highest BCUT2D eigenvalue weighted by atomic mass is 16.5. The summed E-state index contributed by atoms with van der Waals surface area (Å²) < 4.78 is 16.8. The van der Waals surface area contributed by atoms with Crippen molar-refractivity contribution in [2.24, 2.45) is 5.10 Å². The lowest BCUT2D eigenvalue weighted by Gasteiger charge is -2.22. The molecule has 0 radical (unpaired) electrons. The van der Waals surface area contributed by atoms with Gasteiger partial charge in [0.1, 0.15) is 11.5 Å².